The van der Waals surface area contributed by atoms with Gasteiger partial charge in [-0.1, -0.05) is 5.92 Å². The minimum absolute atomic E-state index is 0.377. The van der Waals surface area contributed by atoms with Crippen molar-refractivity contribution in [3.8, 4) is 11.8 Å². The normalized spacial score (nSPS) is 8.22. The van der Waals surface area contributed by atoms with Gasteiger partial charge in [0.2, 0.25) is 0 Å². The first-order valence-corrected chi connectivity index (χ1v) is 2.48. The highest BCUT2D eigenvalue weighted by Crippen LogP contribution is 1.74. The second kappa shape index (κ2) is 4.92. The summed E-state index contributed by atoms with van der Waals surface area (Å²) in [4.78, 5) is 10.3. The van der Waals surface area contributed by atoms with Gasteiger partial charge < -0.3 is 4.74 Å². The van der Waals surface area contributed by atoms with E-state index in [0.717, 1.165) is 0 Å². The molecule has 0 aliphatic rings. The number of methoxy groups -OCH3 is 1. The largest absolute Gasteiger partial charge is 0.466 e. The number of hydrogen-bond acceptors (Lipinski definition) is 2. The summed E-state index contributed by atoms with van der Waals surface area (Å²) >= 11 is 0. The summed E-state index contributed by atoms with van der Waals surface area (Å²) in [6, 6.07) is 0. The topological polar surface area (TPSA) is 26.3 Å². The van der Waals surface area contributed by atoms with Crippen molar-refractivity contribution in [1.82, 2.24) is 0 Å². The SMILES string of the molecule is CC#C/C=C/C(=O)OC. The predicted molar refractivity (Wildman–Crippen MR) is 34.6 cm³/mol. The molecule has 0 spiro atoms. The Bertz CT molecular complexity index is 169. The van der Waals surface area contributed by atoms with E-state index < -0.39 is 0 Å². The van der Waals surface area contributed by atoms with Crippen molar-refractivity contribution < 1.29 is 9.53 Å². The Balaban J connectivity index is 3.66. The van der Waals surface area contributed by atoms with Crippen LogP contribution in [0.4, 0.5) is 0 Å². The van der Waals surface area contributed by atoms with Crippen LogP contribution < -0.4 is 0 Å². The molecule has 9 heavy (non-hydrogen) atoms. The summed E-state index contributed by atoms with van der Waals surface area (Å²) in [5, 5.41) is 0. The second-order valence-corrected chi connectivity index (χ2v) is 1.25. The van der Waals surface area contributed by atoms with Gasteiger partial charge in [-0.15, -0.1) is 5.92 Å². The van der Waals surface area contributed by atoms with Crippen LogP contribution in [0.2, 0.25) is 0 Å². The molecule has 0 fully saturated rings. The number of allylic oxidation sites excluding steroid dienone is 1. The van der Waals surface area contributed by atoms with Gasteiger partial charge in [0.1, 0.15) is 0 Å². The zero-order chi connectivity index (χ0) is 7.11. The minimum Gasteiger partial charge on any atom is -0.466 e. The molecule has 0 amide bonds. The molecule has 0 aliphatic carbocycles. The fraction of sp³-hybridized carbons (Fsp3) is 0.286. The van der Waals surface area contributed by atoms with E-state index in [1.165, 1.54) is 19.3 Å². The first kappa shape index (κ1) is 7.77. The van der Waals surface area contributed by atoms with Gasteiger partial charge >= 0.3 is 5.97 Å². The van der Waals surface area contributed by atoms with Gasteiger partial charge in [-0.05, 0) is 13.0 Å². The standard InChI is InChI=1S/C7H8O2/c1-3-4-5-6-7(8)9-2/h5-6H,1-2H3/b6-5+. The Morgan fingerprint density at radius 1 is 1.67 bits per heavy atom. The Labute approximate surface area is 54.5 Å². The maximum absolute atomic E-state index is 10.3. The summed E-state index contributed by atoms with van der Waals surface area (Å²) in [5.41, 5.74) is 0. The van der Waals surface area contributed by atoms with Crippen LogP contribution >= 0.6 is 0 Å². The van der Waals surface area contributed by atoms with Crippen molar-refractivity contribution in [3.63, 3.8) is 0 Å². The van der Waals surface area contributed by atoms with Gasteiger partial charge in [-0.25, -0.2) is 4.79 Å². The Kier molecular flexibility index (Phi) is 4.25. The summed E-state index contributed by atoms with van der Waals surface area (Å²) in [6.07, 6.45) is 2.72. The lowest BCUT2D eigenvalue weighted by Gasteiger charge is -1.84. The van der Waals surface area contributed by atoms with Crippen molar-refractivity contribution in [2.24, 2.45) is 0 Å². The van der Waals surface area contributed by atoms with Crippen LogP contribution in [0, 0.1) is 11.8 Å². The van der Waals surface area contributed by atoms with Crippen LogP contribution in [0.25, 0.3) is 0 Å². The second-order valence-electron chi connectivity index (χ2n) is 1.25. The monoisotopic (exact) mass is 124 g/mol. The van der Waals surface area contributed by atoms with Crippen molar-refractivity contribution in [2.45, 2.75) is 6.92 Å². The van der Waals surface area contributed by atoms with E-state index in [1.807, 2.05) is 0 Å². The molecule has 0 aromatic carbocycles. The van der Waals surface area contributed by atoms with Gasteiger partial charge in [0.15, 0.2) is 0 Å². The summed E-state index contributed by atoms with van der Waals surface area (Å²) in [6.45, 7) is 1.70. The molecule has 48 valence electrons. The Hall–Kier alpha value is -1.23. The smallest absolute Gasteiger partial charge is 0.331 e. The van der Waals surface area contributed by atoms with E-state index in [0.29, 0.717) is 0 Å². The maximum atomic E-state index is 10.3. The minimum atomic E-state index is -0.377. The predicted octanol–water partition coefficient (Wildman–Crippen LogP) is 0.739. The molecular formula is C7H8O2. The van der Waals surface area contributed by atoms with E-state index in [9.17, 15) is 4.79 Å². The molecule has 0 saturated carbocycles. The molecule has 2 nitrogen and oxygen atoms in total. The number of ether oxygens (including phenoxy) is 1. The van der Waals surface area contributed by atoms with Gasteiger partial charge in [0, 0.05) is 6.08 Å². The molecule has 0 rings (SSSR count). The van der Waals surface area contributed by atoms with Crippen LogP contribution in [-0.4, -0.2) is 13.1 Å². The molecule has 0 aromatic rings. The fourth-order valence-corrected chi connectivity index (χ4v) is 0.261. The van der Waals surface area contributed by atoms with Crippen molar-refractivity contribution >= 4 is 5.97 Å². The lowest BCUT2D eigenvalue weighted by atomic mass is 10.5. The van der Waals surface area contributed by atoms with E-state index in [2.05, 4.69) is 16.6 Å². The first-order valence-electron chi connectivity index (χ1n) is 2.48. The van der Waals surface area contributed by atoms with Crippen LogP contribution in [0.1, 0.15) is 6.92 Å². The van der Waals surface area contributed by atoms with Gasteiger partial charge in [0.05, 0.1) is 7.11 Å². The highest BCUT2D eigenvalue weighted by atomic mass is 16.5. The quantitative estimate of drug-likeness (QED) is 0.293. The Morgan fingerprint density at radius 2 is 2.33 bits per heavy atom. The lowest BCUT2D eigenvalue weighted by molar-refractivity contribution is -0.134. The average molecular weight is 124 g/mol. The molecule has 0 atom stereocenters. The van der Waals surface area contributed by atoms with E-state index in [-0.39, 0.29) is 5.97 Å². The molecule has 0 radical (unpaired) electrons. The number of hydrogen-bond donors (Lipinski definition) is 0. The van der Waals surface area contributed by atoms with Crippen molar-refractivity contribution in [2.75, 3.05) is 7.11 Å². The van der Waals surface area contributed by atoms with E-state index in [4.69, 9.17) is 0 Å². The molecule has 0 aromatic heterocycles. The molecule has 0 N–H and O–H groups in total. The van der Waals surface area contributed by atoms with Crippen molar-refractivity contribution in [1.29, 1.82) is 0 Å². The summed E-state index contributed by atoms with van der Waals surface area (Å²) in [5.74, 6) is 4.81. The average Bonchev–Trinajstić information content (AvgIpc) is 1.89. The van der Waals surface area contributed by atoms with E-state index >= 15 is 0 Å². The first-order chi connectivity index (χ1) is 4.31. The highest BCUT2D eigenvalue weighted by molar-refractivity contribution is 5.82. The lowest BCUT2D eigenvalue weighted by Crippen LogP contribution is -1.92. The van der Waals surface area contributed by atoms with Gasteiger partial charge in [-0.3, -0.25) is 0 Å². The molecule has 0 heterocycles. The van der Waals surface area contributed by atoms with Crippen LogP contribution in [0.15, 0.2) is 12.2 Å². The number of esters is 1. The molecule has 2 heteroatoms. The third kappa shape index (κ3) is 4.63. The maximum Gasteiger partial charge on any atom is 0.331 e. The fourth-order valence-electron chi connectivity index (χ4n) is 0.261. The molecular weight excluding hydrogens is 116 g/mol. The highest BCUT2D eigenvalue weighted by Gasteiger charge is 1.85. The van der Waals surface area contributed by atoms with Crippen molar-refractivity contribution in [3.05, 3.63) is 12.2 Å². The molecule has 0 aliphatic heterocycles. The number of carbonyl (C=O) groups is 1. The molecule has 0 saturated heterocycles. The van der Waals surface area contributed by atoms with Gasteiger partial charge in [0.25, 0.3) is 0 Å². The third-order valence-electron chi connectivity index (χ3n) is 0.648. The van der Waals surface area contributed by atoms with Crippen LogP contribution in [0.5, 0.6) is 0 Å². The third-order valence-corrected chi connectivity index (χ3v) is 0.648. The molecule has 0 unspecified atom stereocenters. The summed E-state index contributed by atoms with van der Waals surface area (Å²) in [7, 11) is 1.33. The summed E-state index contributed by atoms with van der Waals surface area (Å²) < 4.78 is 4.30. The zero-order valence-corrected chi connectivity index (χ0v) is 5.47. The Morgan fingerprint density at radius 3 is 2.78 bits per heavy atom. The van der Waals surface area contributed by atoms with E-state index in [1.54, 1.807) is 6.92 Å². The van der Waals surface area contributed by atoms with Crippen LogP contribution in [0.3, 0.4) is 0 Å². The zero-order valence-electron chi connectivity index (χ0n) is 5.47. The van der Waals surface area contributed by atoms with Crippen LogP contribution in [-0.2, 0) is 9.53 Å². The van der Waals surface area contributed by atoms with Gasteiger partial charge in [-0.2, -0.15) is 0 Å². The number of carbonyl (C=O) groups excluding carboxylic acids is 1. The number of rotatable bonds is 1. The molecule has 0 bridgehead atoms.